The van der Waals surface area contributed by atoms with Gasteiger partial charge in [0, 0.05) is 10.4 Å². The molecule has 4 rings (SSSR count). The van der Waals surface area contributed by atoms with E-state index in [4.69, 9.17) is 16.3 Å². The molecule has 1 aliphatic carbocycles. The monoisotopic (exact) mass is 317 g/mol. The summed E-state index contributed by atoms with van der Waals surface area (Å²) in [5.41, 5.74) is 1.48. The minimum Gasteiger partial charge on any atom is -0.371 e. The van der Waals surface area contributed by atoms with Gasteiger partial charge >= 0.3 is 0 Å². The summed E-state index contributed by atoms with van der Waals surface area (Å²) in [5, 5.41) is 5.07. The van der Waals surface area contributed by atoms with Crippen LogP contribution in [-0.4, -0.2) is 27.0 Å². The molecule has 0 spiro atoms. The Morgan fingerprint density at radius 1 is 1.36 bits per heavy atom. The molecular formula is C17H20ClN3O. The molecule has 0 unspecified atom stereocenters. The predicted molar refractivity (Wildman–Crippen MR) is 84.7 cm³/mol. The summed E-state index contributed by atoms with van der Waals surface area (Å²) in [6, 6.07) is 8.19. The topological polar surface area (TPSA) is 39.9 Å². The van der Waals surface area contributed by atoms with E-state index in [0.29, 0.717) is 5.92 Å². The zero-order valence-electron chi connectivity index (χ0n) is 12.7. The van der Waals surface area contributed by atoms with Crippen molar-refractivity contribution in [2.75, 3.05) is 6.61 Å². The highest BCUT2D eigenvalue weighted by atomic mass is 35.5. The summed E-state index contributed by atoms with van der Waals surface area (Å²) in [4.78, 5) is 4.07. The van der Waals surface area contributed by atoms with Crippen molar-refractivity contribution in [3.63, 3.8) is 0 Å². The molecule has 2 fully saturated rings. The number of rotatable bonds is 4. The lowest BCUT2D eigenvalue weighted by atomic mass is 9.67. The molecule has 2 aliphatic rings. The molecule has 116 valence electrons. The van der Waals surface area contributed by atoms with Crippen LogP contribution in [0, 0.1) is 11.3 Å². The van der Waals surface area contributed by atoms with Crippen LogP contribution in [0.3, 0.4) is 0 Å². The van der Waals surface area contributed by atoms with Crippen molar-refractivity contribution in [1.29, 1.82) is 0 Å². The highest BCUT2D eigenvalue weighted by Crippen LogP contribution is 2.60. The predicted octanol–water partition coefficient (Wildman–Crippen LogP) is 3.36. The van der Waals surface area contributed by atoms with Gasteiger partial charge in [-0.05, 0) is 42.9 Å². The van der Waals surface area contributed by atoms with Crippen LogP contribution in [0.25, 0.3) is 0 Å². The van der Waals surface area contributed by atoms with E-state index in [0.717, 1.165) is 24.6 Å². The summed E-state index contributed by atoms with van der Waals surface area (Å²) < 4.78 is 8.13. The van der Waals surface area contributed by atoms with Crippen LogP contribution in [0.5, 0.6) is 0 Å². The van der Waals surface area contributed by atoms with E-state index in [-0.39, 0.29) is 11.0 Å². The highest BCUT2D eigenvalue weighted by Gasteiger charge is 2.65. The molecule has 3 atom stereocenters. The van der Waals surface area contributed by atoms with Crippen molar-refractivity contribution >= 4 is 11.6 Å². The van der Waals surface area contributed by atoms with Gasteiger partial charge in [0.2, 0.25) is 0 Å². The molecule has 22 heavy (non-hydrogen) atoms. The summed E-state index contributed by atoms with van der Waals surface area (Å²) >= 11 is 5.99. The Hall–Kier alpha value is -1.39. The third kappa shape index (κ3) is 2.09. The van der Waals surface area contributed by atoms with E-state index < -0.39 is 0 Å². The maximum Gasteiger partial charge on any atom is 0.137 e. The van der Waals surface area contributed by atoms with Crippen LogP contribution in [0.1, 0.15) is 25.3 Å². The number of nitrogens with zero attached hydrogens (tertiary/aromatic N) is 3. The number of hydrogen-bond acceptors (Lipinski definition) is 3. The molecule has 5 heteroatoms. The molecular weight excluding hydrogens is 298 g/mol. The second kappa shape index (κ2) is 5.07. The van der Waals surface area contributed by atoms with Crippen molar-refractivity contribution in [1.82, 2.24) is 14.8 Å². The van der Waals surface area contributed by atoms with Crippen molar-refractivity contribution in [2.24, 2.45) is 11.3 Å². The quantitative estimate of drug-likeness (QED) is 0.868. The Kier molecular flexibility index (Phi) is 3.27. The van der Waals surface area contributed by atoms with Crippen molar-refractivity contribution < 1.29 is 4.74 Å². The molecule has 1 saturated carbocycles. The Morgan fingerprint density at radius 2 is 2.18 bits per heavy atom. The molecule has 0 bridgehead atoms. The second-order valence-electron chi connectivity index (χ2n) is 6.90. The third-order valence-electron chi connectivity index (χ3n) is 5.63. The molecule has 4 nitrogen and oxygen atoms in total. The smallest absolute Gasteiger partial charge is 0.137 e. The van der Waals surface area contributed by atoms with E-state index >= 15 is 0 Å². The van der Waals surface area contributed by atoms with Gasteiger partial charge < -0.3 is 4.74 Å². The first-order valence-corrected chi connectivity index (χ1v) is 8.20. The number of ether oxygens (including phenoxy) is 1. The summed E-state index contributed by atoms with van der Waals surface area (Å²) in [6.07, 6.45) is 6.83. The van der Waals surface area contributed by atoms with Gasteiger partial charge in [0.15, 0.2) is 0 Å². The fourth-order valence-corrected chi connectivity index (χ4v) is 4.34. The van der Waals surface area contributed by atoms with Crippen LogP contribution in [0.4, 0.5) is 0 Å². The Balaban J connectivity index is 1.59. The van der Waals surface area contributed by atoms with E-state index in [2.05, 4.69) is 29.1 Å². The molecule has 2 aromatic rings. The SMILES string of the molecule is C[C@@]12CC[C@H](Cc3ccc(Cl)cc3)[C@]1(Cn1cncn1)OC2. The average Bonchev–Trinajstić information content (AvgIpc) is 3.07. The largest absolute Gasteiger partial charge is 0.371 e. The highest BCUT2D eigenvalue weighted by molar-refractivity contribution is 6.30. The van der Waals surface area contributed by atoms with Gasteiger partial charge in [-0.3, -0.25) is 4.68 Å². The number of benzene rings is 1. The Morgan fingerprint density at radius 3 is 2.82 bits per heavy atom. The molecule has 1 aromatic heterocycles. The van der Waals surface area contributed by atoms with Gasteiger partial charge in [0.05, 0.1) is 18.8 Å². The van der Waals surface area contributed by atoms with Crippen molar-refractivity contribution in [3.8, 4) is 0 Å². The first-order chi connectivity index (χ1) is 10.6. The van der Waals surface area contributed by atoms with Gasteiger partial charge in [-0.2, -0.15) is 5.10 Å². The lowest BCUT2D eigenvalue weighted by Gasteiger charge is -2.56. The van der Waals surface area contributed by atoms with Crippen LogP contribution < -0.4 is 0 Å². The maximum absolute atomic E-state index is 6.21. The number of fused-ring (bicyclic) bond motifs is 1. The molecule has 0 radical (unpaired) electrons. The van der Waals surface area contributed by atoms with Crippen molar-refractivity contribution in [3.05, 3.63) is 47.5 Å². The van der Waals surface area contributed by atoms with Crippen LogP contribution in [0.2, 0.25) is 5.02 Å². The van der Waals surface area contributed by atoms with Crippen LogP contribution in [-0.2, 0) is 17.7 Å². The molecule has 0 amide bonds. The van der Waals surface area contributed by atoms with Gasteiger partial charge in [-0.25, -0.2) is 4.98 Å². The fraction of sp³-hybridized carbons (Fsp3) is 0.529. The maximum atomic E-state index is 6.21. The fourth-order valence-electron chi connectivity index (χ4n) is 4.22. The van der Waals surface area contributed by atoms with Crippen LogP contribution in [0.15, 0.2) is 36.9 Å². The zero-order chi connectivity index (χ0) is 15.2. The van der Waals surface area contributed by atoms with Gasteiger partial charge in [-0.1, -0.05) is 30.7 Å². The lowest BCUT2D eigenvalue weighted by Crippen LogP contribution is -2.63. The molecule has 2 heterocycles. The van der Waals surface area contributed by atoms with E-state index in [1.54, 1.807) is 12.7 Å². The Bertz CT molecular complexity index is 657. The average molecular weight is 318 g/mol. The first kappa shape index (κ1) is 14.2. The first-order valence-electron chi connectivity index (χ1n) is 7.82. The number of aromatic nitrogens is 3. The number of halogens is 1. The lowest BCUT2D eigenvalue weighted by molar-refractivity contribution is -0.268. The summed E-state index contributed by atoms with van der Waals surface area (Å²) in [6.45, 7) is 4.01. The Labute approximate surface area is 135 Å². The minimum atomic E-state index is -0.111. The zero-order valence-corrected chi connectivity index (χ0v) is 13.5. The second-order valence-corrected chi connectivity index (χ2v) is 7.33. The van der Waals surface area contributed by atoms with E-state index in [9.17, 15) is 0 Å². The standard InChI is InChI=1S/C17H20ClN3O/c1-16-7-6-14(8-13-2-4-15(18)5-3-13)17(16,22-10-16)9-21-12-19-11-20-21/h2-5,11-12,14H,6-10H2,1H3/t14-,16+,17+/m1/s1. The normalized spacial score (nSPS) is 33.5. The number of hydrogen-bond donors (Lipinski definition) is 0. The van der Waals surface area contributed by atoms with Gasteiger partial charge in [-0.15, -0.1) is 0 Å². The van der Waals surface area contributed by atoms with Crippen LogP contribution >= 0.6 is 11.6 Å². The van der Waals surface area contributed by atoms with E-state index in [1.807, 2.05) is 16.8 Å². The third-order valence-corrected chi connectivity index (χ3v) is 5.88. The van der Waals surface area contributed by atoms with Gasteiger partial charge in [0.1, 0.15) is 12.7 Å². The van der Waals surface area contributed by atoms with E-state index in [1.165, 1.54) is 18.4 Å². The summed E-state index contributed by atoms with van der Waals surface area (Å²) in [7, 11) is 0. The molecule has 1 aliphatic heterocycles. The van der Waals surface area contributed by atoms with Gasteiger partial charge in [0.25, 0.3) is 0 Å². The molecule has 0 N–H and O–H groups in total. The molecule has 1 aromatic carbocycles. The minimum absolute atomic E-state index is 0.111. The van der Waals surface area contributed by atoms with Crippen molar-refractivity contribution in [2.45, 2.75) is 38.3 Å². The molecule has 1 saturated heterocycles. The summed E-state index contributed by atoms with van der Waals surface area (Å²) in [5.74, 6) is 0.511.